The number of carbonyl (C=O) groups is 2. The molecule has 6 rings (SSSR count). The second-order valence-corrected chi connectivity index (χ2v) is 17.3. The summed E-state index contributed by atoms with van der Waals surface area (Å²) in [6.07, 6.45) is 9.05. The minimum absolute atomic E-state index is 0.103. The maximum absolute atomic E-state index is 14.4. The number of allylic oxidation sites excluding steroid dienone is 1. The molecule has 2 heterocycles. The number of ketones is 1. The summed E-state index contributed by atoms with van der Waals surface area (Å²) in [5.74, 6) is 0.347. The van der Waals surface area contributed by atoms with Gasteiger partial charge in [-0.3, -0.25) is 9.59 Å². The van der Waals surface area contributed by atoms with E-state index in [1.54, 1.807) is 13.2 Å². The minimum atomic E-state index is -3.15. The number of carbonyl (C=O) groups excluding carboxylic acids is 2. The van der Waals surface area contributed by atoms with Crippen molar-refractivity contribution < 1.29 is 23.3 Å². The lowest BCUT2D eigenvalue weighted by Crippen LogP contribution is -2.47. The van der Waals surface area contributed by atoms with Gasteiger partial charge < -0.3 is 14.4 Å². The number of amides is 1. The van der Waals surface area contributed by atoms with Gasteiger partial charge in [0, 0.05) is 48.4 Å². The Hall–Kier alpha value is -3.46. The molecular weight excluding hydrogens is 668 g/mol. The fourth-order valence-corrected chi connectivity index (χ4v) is 9.98. The van der Waals surface area contributed by atoms with Crippen LogP contribution in [0, 0.1) is 11.8 Å². The van der Waals surface area contributed by atoms with E-state index in [-0.39, 0.29) is 47.1 Å². The standard InChI is InChI=1S/C41H49ClN2O5S/c1-29-25-44-27-41(21-10-13-32-23-34(42)17-19-36(32)41)28-49-39-20-16-33(24-37(39)44)40(46)43-50(47,22-9-5-8-14-38(48-3)30(29)2)26-35(45)18-15-31-11-6-4-7-12-31/h4,6-8,11-12,14,16-17,19-20,23-24,29-30,38H,5,9-10,13,15,18,21-22,25-28H2,1-3H3/b14-8+/t29-,30+,38-,41-,50+/m0/s1. The predicted molar refractivity (Wildman–Crippen MR) is 202 cm³/mol. The van der Waals surface area contributed by atoms with E-state index in [1.807, 2.05) is 48.5 Å². The molecule has 266 valence electrons. The highest BCUT2D eigenvalue weighted by Crippen LogP contribution is 2.45. The summed E-state index contributed by atoms with van der Waals surface area (Å²) in [6, 6.07) is 21.4. The van der Waals surface area contributed by atoms with Crippen molar-refractivity contribution in [2.75, 3.05) is 43.2 Å². The van der Waals surface area contributed by atoms with Crippen LogP contribution in [0.25, 0.3) is 0 Å². The van der Waals surface area contributed by atoms with Crippen LogP contribution >= 0.6 is 11.6 Å². The minimum Gasteiger partial charge on any atom is -0.490 e. The monoisotopic (exact) mass is 716 g/mol. The van der Waals surface area contributed by atoms with Gasteiger partial charge in [0.15, 0.2) is 0 Å². The van der Waals surface area contributed by atoms with E-state index in [4.69, 9.17) is 21.1 Å². The van der Waals surface area contributed by atoms with Crippen molar-refractivity contribution in [2.24, 2.45) is 16.2 Å². The highest BCUT2D eigenvalue weighted by atomic mass is 35.5. The molecular formula is C41H49ClN2O5S. The number of hydrogen-bond acceptors (Lipinski definition) is 6. The van der Waals surface area contributed by atoms with Crippen LogP contribution in [0.15, 0.2) is 83.2 Å². The maximum Gasteiger partial charge on any atom is 0.285 e. The van der Waals surface area contributed by atoms with Crippen molar-refractivity contribution in [1.29, 1.82) is 0 Å². The zero-order chi connectivity index (χ0) is 35.3. The maximum atomic E-state index is 14.4. The number of benzene rings is 3. The molecule has 0 saturated heterocycles. The fraction of sp³-hybridized carbons (Fsp3) is 0.463. The molecule has 0 aromatic heterocycles. The van der Waals surface area contributed by atoms with Gasteiger partial charge in [-0.15, -0.1) is 0 Å². The normalized spacial score (nSPS) is 27.8. The van der Waals surface area contributed by atoms with E-state index < -0.39 is 15.6 Å². The SMILES string of the molecule is CO[C@H]1/C=C/CCC[S@@](=O)(CC(=O)CCc2ccccc2)=NC(=O)c2ccc3c(c2)N(C[C@H](C)[C@H]1C)C[C@@]1(CCCc2cc(Cl)ccc21)CO3. The van der Waals surface area contributed by atoms with Gasteiger partial charge in [0.1, 0.15) is 11.5 Å². The quantitative estimate of drug-likeness (QED) is 0.239. The number of rotatable bonds is 6. The van der Waals surface area contributed by atoms with Crippen LogP contribution in [0.2, 0.25) is 5.02 Å². The molecule has 0 unspecified atom stereocenters. The molecule has 9 heteroatoms. The summed E-state index contributed by atoms with van der Waals surface area (Å²) >= 11 is 6.45. The second kappa shape index (κ2) is 15.8. The van der Waals surface area contributed by atoms with Gasteiger partial charge in [-0.05, 0) is 97.4 Å². The van der Waals surface area contributed by atoms with E-state index in [2.05, 4.69) is 47.4 Å². The highest BCUT2D eigenvalue weighted by molar-refractivity contribution is 7.94. The van der Waals surface area contributed by atoms with Gasteiger partial charge in [-0.1, -0.05) is 74.0 Å². The van der Waals surface area contributed by atoms with Crippen LogP contribution in [-0.2, 0) is 37.5 Å². The first-order valence-corrected chi connectivity index (χ1v) is 20.1. The molecule has 2 aliphatic heterocycles. The molecule has 0 fully saturated rings. The van der Waals surface area contributed by atoms with Crippen LogP contribution in [0.5, 0.6) is 5.75 Å². The third kappa shape index (κ3) is 8.35. The number of hydrogen-bond donors (Lipinski definition) is 0. The lowest BCUT2D eigenvalue weighted by atomic mass is 9.70. The summed E-state index contributed by atoms with van der Waals surface area (Å²) in [7, 11) is -1.41. The van der Waals surface area contributed by atoms with Crippen LogP contribution in [-0.4, -0.2) is 60.3 Å². The Morgan fingerprint density at radius 1 is 1.10 bits per heavy atom. The largest absolute Gasteiger partial charge is 0.490 e. The van der Waals surface area contributed by atoms with Crippen LogP contribution < -0.4 is 9.64 Å². The lowest BCUT2D eigenvalue weighted by Gasteiger charge is -2.42. The molecule has 3 aliphatic rings. The number of aryl methyl sites for hydroxylation is 2. The zero-order valence-corrected chi connectivity index (χ0v) is 31.0. The fourth-order valence-electron chi connectivity index (χ4n) is 7.82. The Morgan fingerprint density at radius 3 is 2.72 bits per heavy atom. The lowest BCUT2D eigenvalue weighted by molar-refractivity contribution is -0.116. The first kappa shape index (κ1) is 36.3. The van der Waals surface area contributed by atoms with Crippen molar-refractivity contribution in [3.63, 3.8) is 0 Å². The number of halogens is 1. The topological polar surface area (TPSA) is 85.3 Å². The molecule has 0 radical (unpaired) electrons. The average molecular weight is 717 g/mol. The van der Waals surface area contributed by atoms with Gasteiger partial charge in [0.2, 0.25) is 0 Å². The third-order valence-electron chi connectivity index (χ3n) is 10.8. The Labute approximate surface area is 302 Å². The van der Waals surface area contributed by atoms with Crippen molar-refractivity contribution in [1.82, 2.24) is 0 Å². The predicted octanol–water partition coefficient (Wildman–Crippen LogP) is 8.26. The number of Topliss-reactive ketones (excluding diaryl/α,β-unsaturated/α-hetero) is 1. The Kier molecular flexibility index (Phi) is 11.5. The summed E-state index contributed by atoms with van der Waals surface area (Å²) in [4.78, 5) is 29.5. The summed E-state index contributed by atoms with van der Waals surface area (Å²) < 4.78 is 31.3. The average Bonchev–Trinajstić information content (AvgIpc) is 3.25. The molecule has 1 amide bonds. The van der Waals surface area contributed by atoms with Crippen molar-refractivity contribution in [2.45, 2.75) is 70.3 Å². The smallest absolute Gasteiger partial charge is 0.285 e. The Balaban J connectivity index is 1.37. The van der Waals surface area contributed by atoms with Gasteiger partial charge in [0.05, 0.1) is 33.9 Å². The molecule has 0 N–H and O–H groups in total. The molecule has 50 heavy (non-hydrogen) atoms. The summed E-state index contributed by atoms with van der Waals surface area (Å²) in [5.41, 5.74) is 4.49. The highest BCUT2D eigenvalue weighted by Gasteiger charge is 2.42. The van der Waals surface area contributed by atoms with E-state index in [1.165, 1.54) is 11.1 Å². The number of anilines is 1. The van der Waals surface area contributed by atoms with E-state index in [0.717, 1.165) is 42.1 Å². The second-order valence-electron chi connectivity index (χ2n) is 14.4. The third-order valence-corrected chi connectivity index (χ3v) is 13.2. The van der Waals surface area contributed by atoms with Gasteiger partial charge in [-0.25, -0.2) is 4.21 Å². The molecule has 7 nitrogen and oxygen atoms in total. The first-order chi connectivity index (χ1) is 24.1. The molecule has 0 saturated carbocycles. The summed E-state index contributed by atoms with van der Waals surface area (Å²) in [5, 5.41) is 0.742. The zero-order valence-electron chi connectivity index (χ0n) is 29.4. The van der Waals surface area contributed by atoms with Gasteiger partial charge >= 0.3 is 0 Å². The number of ether oxygens (including phenoxy) is 2. The first-order valence-electron chi connectivity index (χ1n) is 17.9. The van der Waals surface area contributed by atoms with Crippen molar-refractivity contribution in [3.8, 4) is 5.75 Å². The van der Waals surface area contributed by atoms with Crippen LogP contribution in [0.1, 0.15) is 73.0 Å². The molecule has 1 spiro atoms. The molecule has 5 atom stereocenters. The van der Waals surface area contributed by atoms with E-state index in [0.29, 0.717) is 43.7 Å². The van der Waals surface area contributed by atoms with Gasteiger partial charge in [0.25, 0.3) is 5.91 Å². The molecule has 3 aromatic rings. The van der Waals surface area contributed by atoms with Gasteiger partial charge in [-0.2, -0.15) is 4.36 Å². The van der Waals surface area contributed by atoms with Crippen LogP contribution in [0.3, 0.4) is 0 Å². The molecule has 1 aliphatic carbocycles. The molecule has 2 bridgehead atoms. The summed E-state index contributed by atoms with van der Waals surface area (Å²) in [6.45, 7) is 6.42. The number of methoxy groups -OCH3 is 1. The van der Waals surface area contributed by atoms with E-state index in [9.17, 15) is 13.8 Å². The number of nitrogens with zero attached hydrogens (tertiary/aromatic N) is 2. The molecule has 3 aromatic carbocycles. The Bertz CT molecular complexity index is 1850. The van der Waals surface area contributed by atoms with Crippen molar-refractivity contribution >= 4 is 38.7 Å². The van der Waals surface area contributed by atoms with Crippen molar-refractivity contribution in [3.05, 3.63) is 106 Å². The van der Waals surface area contributed by atoms with Crippen LogP contribution in [0.4, 0.5) is 5.69 Å². The number of fused-ring (bicyclic) bond motifs is 3. The Morgan fingerprint density at radius 2 is 1.92 bits per heavy atom. The van der Waals surface area contributed by atoms with E-state index >= 15 is 0 Å².